The number of ether oxygens (including phenoxy) is 1. The zero-order valence-corrected chi connectivity index (χ0v) is 20.9. The largest absolute Gasteiger partial charge is 0.511 e. The van der Waals surface area contributed by atoms with E-state index < -0.39 is 6.16 Å². The van der Waals surface area contributed by atoms with Crippen molar-refractivity contribution in [3.63, 3.8) is 0 Å². The highest BCUT2D eigenvalue weighted by atomic mass is 35.5. The Balaban J connectivity index is 0.00000342. The monoisotopic (exact) mass is 510 g/mol. The number of rotatable bonds is 8. The van der Waals surface area contributed by atoms with Crippen LogP contribution in [0.15, 0.2) is 66.7 Å². The summed E-state index contributed by atoms with van der Waals surface area (Å²) in [6, 6.07) is 21.1. The number of aryl methyl sites for hydroxylation is 1. The van der Waals surface area contributed by atoms with E-state index in [-0.39, 0.29) is 17.5 Å². The number of benzene rings is 3. The van der Waals surface area contributed by atoms with Crippen molar-refractivity contribution in [1.29, 1.82) is 0 Å². The Morgan fingerprint density at radius 2 is 1.89 bits per heavy atom. The summed E-state index contributed by atoms with van der Waals surface area (Å²) in [5.74, 6) is 1.35. The summed E-state index contributed by atoms with van der Waals surface area (Å²) < 4.78 is 7.18. The number of nitrogens with zero attached hydrogens (tertiary/aromatic N) is 2. The molecule has 0 aliphatic rings. The summed E-state index contributed by atoms with van der Waals surface area (Å²) in [6.07, 6.45) is 1.70. The van der Waals surface area contributed by atoms with Gasteiger partial charge in [-0.1, -0.05) is 55.8 Å². The van der Waals surface area contributed by atoms with Crippen LogP contribution in [0.3, 0.4) is 0 Å². The number of fused-ring (bicyclic) bond motifs is 1. The quantitative estimate of drug-likeness (QED) is 0.147. The van der Waals surface area contributed by atoms with Crippen molar-refractivity contribution < 1.29 is 14.6 Å². The van der Waals surface area contributed by atoms with Crippen LogP contribution in [0, 0.1) is 0 Å². The van der Waals surface area contributed by atoms with E-state index in [0.717, 1.165) is 58.5 Å². The first kappa shape index (κ1) is 26.0. The number of hydrogen-bond donors (Lipinski definition) is 3. The van der Waals surface area contributed by atoms with Gasteiger partial charge in [0.25, 0.3) is 0 Å². The fourth-order valence-corrected chi connectivity index (χ4v) is 4.08. The maximum Gasteiger partial charge on any atom is 0.511 e. The molecular weight excluding hydrogens is 484 g/mol. The zero-order chi connectivity index (χ0) is 24.1. The minimum absolute atomic E-state index is 0. The molecule has 0 saturated heterocycles. The molecular formula is C26H27ClN4O3S. The van der Waals surface area contributed by atoms with Gasteiger partial charge in [0.2, 0.25) is 0 Å². The van der Waals surface area contributed by atoms with E-state index in [1.54, 1.807) is 12.1 Å². The predicted octanol–water partition coefficient (Wildman–Crippen LogP) is 6.23. The molecule has 4 rings (SSSR count). The normalized spacial score (nSPS) is 10.5. The minimum Gasteiger partial charge on any atom is -0.449 e. The van der Waals surface area contributed by atoms with Crippen molar-refractivity contribution in [2.45, 2.75) is 32.7 Å². The number of imidazole rings is 1. The van der Waals surface area contributed by atoms with E-state index >= 15 is 0 Å². The van der Waals surface area contributed by atoms with Crippen LogP contribution in [0.4, 0.5) is 10.5 Å². The molecule has 0 unspecified atom stereocenters. The fraction of sp³-hybridized carbons (Fsp3) is 0.192. The third-order valence-corrected chi connectivity index (χ3v) is 5.64. The third kappa shape index (κ3) is 6.29. The first-order chi connectivity index (χ1) is 16.4. The molecule has 182 valence electrons. The number of para-hydroxylation sites is 1. The van der Waals surface area contributed by atoms with Gasteiger partial charge in [0.05, 0.1) is 11.0 Å². The molecule has 0 amide bonds. The lowest BCUT2D eigenvalue weighted by Crippen LogP contribution is -2.18. The number of carboxylic acid groups (broad SMARTS) is 1. The Morgan fingerprint density at radius 1 is 1.14 bits per heavy atom. The number of halogens is 1. The molecule has 4 aromatic rings. The highest BCUT2D eigenvalue weighted by Gasteiger charge is 2.13. The van der Waals surface area contributed by atoms with E-state index in [4.69, 9.17) is 32.8 Å². The van der Waals surface area contributed by atoms with Gasteiger partial charge >= 0.3 is 6.16 Å². The number of hydrogen-bond acceptors (Lipinski definition) is 4. The third-order valence-electron chi connectivity index (χ3n) is 5.54. The number of nitrogens with one attached hydrogen (secondary N) is 1. The summed E-state index contributed by atoms with van der Waals surface area (Å²) >= 11 is 4.95. The summed E-state index contributed by atoms with van der Waals surface area (Å²) in [5, 5.41) is 12.2. The standard InChI is InChI=1S/C26H26N4O3S.ClH/c1-2-3-8-24-29-21-15-19(28-25(27)34)13-14-22(21)30(24)16-17-9-11-18(12-10-17)20-6-4-5-7-23(20)33-26(31)32;/h4-7,9-15H,2-3,8,16H2,1H3,(H,31,32)(H3,27,28,34);1H. The van der Waals surface area contributed by atoms with Crippen molar-refractivity contribution in [1.82, 2.24) is 9.55 Å². The van der Waals surface area contributed by atoms with Crippen LogP contribution in [0.5, 0.6) is 5.75 Å². The van der Waals surface area contributed by atoms with Crippen molar-refractivity contribution in [2.24, 2.45) is 5.73 Å². The second-order valence-corrected chi connectivity index (χ2v) is 8.41. The molecule has 1 heterocycles. The molecule has 0 atom stereocenters. The number of aromatic nitrogens is 2. The highest BCUT2D eigenvalue weighted by molar-refractivity contribution is 7.80. The summed E-state index contributed by atoms with van der Waals surface area (Å²) in [5.41, 5.74) is 11.1. The summed E-state index contributed by atoms with van der Waals surface area (Å²) in [4.78, 5) is 15.9. The lowest BCUT2D eigenvalue weighted by Gasteiger charge is -2.12. The number of unbranched alkanes of at least 4 members (excludes halogenated alkanes) is 1. The van der Waals surface area contributed by atoms with Crippen LogP contribution in [0.2, 0.25) is 0 Å². The second-order valence-electron chi connectivity index (χ2n) is 7.97. The van der Waals surface area contributed by atoms with Gasteiger partial charge in [-0.2, -0.15) is 0 Å². The maximum absolute atomic E-state index is 11.0. The summed E-state index contributed by atoms with van der Waals surface area (Å²) in [7, 11) is 0. The molecule has 9 heteroatoms. The SMILES string of the molecule is CCCCc1nc2cc(NC(N)=S)ccc2n1Cc1ccc(-c2ccccc2OC(=O)O)cc1.Cl. The van der Waals surface area contributed by atoms with Crippen molar-refractivity contribution >= 4 is 52.6 Å². The Hall–Kier alpha value is -3.62. The molecule has 0 spiro atoms. The van der Waals surface area contributed by atoms with Crippen molar-refractivity contribution in [3.8, 4) is 16.9 Å². The van der Waals surface area contributed by atoms with Gasteiger partial charge in [-0.05, 0) is 54.0 Å². The summed E-state index contributed by atoms with van der Waals surface area (Å²) in [6.45, 7) is 2.84. The van der Waals surface area contributed by atoms with Gasteiger partial charge in [-0.3, -0.25) is 0 Å². The van der Waals surface area contributed by atoms with Crippen LogP contribution < -0.4 is 15.8 Å². The average Bonchev–Trinajstić information content (AvgIpc) is 3.14. The number of nitrogens with two attached hydrogens (primary N) is 1. The molecule has 35 heavy (non-hydrogen) atoms. The second kappa shape index (κ2) is 11.7. The topological polar surface area (TPSA) is 102 Å². The van der Waals surface area contributed by atoms with E-state index in [2.05, 4.69) is 16.8 Å². The van der Waals surface area contributed by atoms with Gasteiger partial charge in [-0.15, -0.1) is 12.4 Å². The Morgan fingerprint density at radius 3 is 2.57 bits per heavy atom. The lowest BCUT2D eigenvalue weighted by molar-refractivity contribution is 0.144. The Kier molecular flexibility index (Phi) is 8.68. The van der Waals surface area contributed by atoms with Gasteiger partial charge in [0.1, 0.15) is 11.6 Å². The molecule has 3 aromatic carbocycles. The molecule has 4 N–H and O–H groups in total. The molecule has 0 radical (unpaired) electrons. The molecule has 0 aliphatic carbocycles. The van der Waals surface area contributed by atoms with Crippen LogP contribution >= 0.6 is 24.6 Å². The first-order valence-electron chi connectivity index (χ1n) is 11.1. The molecule has 0 fully saturated rings. The molecule has 0 aliphatic heterocycles. The van der Waals surface area contributed by atoms with Crippen LogP contribution in [0.1, 0.15) is 31.2 Å². The molecule has 1 aromatic heterocycles. The van der Waals surface area contributed by atoms with Crippen LogP contribution in [0.25, 0.3) is 22.2 Å². The predicted molar refractivity (Wildman–Crippen MR) is 146 cm³/mol. The van der Waals surface area contributed by atoms with Crippen molar-refractivity contribution in [2.75, 3.05) is 5.32 Å². The fourth-order valence-electron chi connectivity index (χ4n) is 3.96. The van der Waals surface area contributed by atoms with E-state index in [9.17, 15) is 4.79 Å². The van der Waals surface area contributed by atoms with Gasteiger partial charge in [0.15, 0.2) is 5.11 Å². The smallest absolute Gasteiger partial charge is 0.449 e. The maximum atomic E-state index is 11.0. The van der Waals surface area contributed by atoms with Crippen LogP contribution in [-0.4, -0.2) is 25.9 Å². The number of carbonyl (C=O) groups is 1. The molecule has 7 nitrogen and oxygen atoms in total. The van der Waals surface area contributed by atoms with Gasteiger partial charge in [0, 0.05) is 24.2 Å². The lowest BCUT2D eigenvalue weighted by atomic mass is 10.0. The number of anilines is 1. The molecule has 0 saturated carbocycles. The van der Waals surface area contributed by atoms with Gasteiger partial charge in [-0.25, -0.2) is 9.78 Å². The van der Waals surface area contributed by atoms with Crippen molar-refractivity contribution in [3.05, 3.63) is 78.1 Å². The first-order valence-corrected chi connectivity index (χ1v) is 11.5. The van der Waals surface area contributed by atoms with E-state index in [0.29, 0.717) is 12.3 Å². The zero-order valence-electron chi connectivity index (χ0n) is 19.2. The van der Waals surface area contributed by atoms with Gasteiger partial charge < -0.3 is 25.5 Å². The highest BCUT2D eigenvalue weighted by Crippen LogP contribution is 2.30. The number of thiocarbonyl (C=S) groups is 1. The van der Waals surface area contributed by atoms with E-state index in [1.165, 1.54) is 0 Å². The van der Waals surface area contributed by atoms with Crippen LogP contribution in [-0.2, 0) is 13.0 Å². The Bertz CT molecular complexity index is 1340. The average molecular weight is 511 g/mol. The molecule has 0 bridgehead atoms. The Labute approximate surface area is 215 Å². The minimum atomic E-state index is -1.33. The van der Waals surface area contributed by atoms with E-state index in [1.807, 2.05) is 54.6 Å².